The zero-order valence-electron chi connectivity index (χ0n) is 16.8. The lowest BCUT2D eigenvalue weighted by molar-refractivity contribution is 0.0950. The third-order valence-electron chi connectivity index (χ3n) is 4.25. The number of aromatic nitrogens is 5. The zero-order valence-corrected chi connectivity index (χ0v) is 17.5. The Hall–Kier alpha value is -4.25. The normalized spacial score (nSPS) is 11.1. The molecule has 2 aromatic heterocycles. The van der Waals surface area contributed by atoms with Crippen molar-refractivity contribution >= 4 is 29.5 Å². The van der Waals surface area contributed by atoms with Gasteiger partial charge in [-0.3, -0.25) is 4.79 Å². The van der Waals surface area contributed by atoms with Gasteiger partial charge in [0.15, 0.2) is 5.69 Å². The number of amides is 1. The molecule has 162 valence electrons. The molecule has 11 nitrogen and oxygen atoms in total. The first-order valence-electron chi connectivity index (χ1n) is 9.43. The number of rotatable bonds is 7. The van der Waals surface area contributed by atoms with Crippen LogP contribution in [-0.4, -0.2) is 44.0 Å². The summed E-state index contributed by atoms with van der Waals surface area (Å²) in [5.74, 6) is 0.180. The largest absolute Gasteiger partial charge is 0.494 e. The van der Waals surface area contributed by atoms with E-state index in [1.54, 1.807) is 48.5 Å². The first-order chi connectivity index (χ1) is 15.6. The number of nitrogen functional groups attached to an aromatic ring is 1. The van der Waals surface area contributed by atoms with Gasteiger partial charge in [0.25, 0.3) is 5.91 Å². The summed E-state index contributed by atoms with van der Waals surface area (Å²) in [6, 6.07) is 14.1. The number of ether oxygens (including phenoxy) is 1. The molecule has 4 aromatic rings. The summed E-state index contributed by atoms with van der Waals surface area (Å²) in [7, 11) is 0. The van der Waals surface area contributed by atoms with E-state index in [9.17, 15) is 4.79 Å². The van der Waals surface area contributed by atoms with E-state index in [1.807, 2.05) is 6.92 Å². The van der Waals surface area contributed by atoms with Crippen LogP contribution in [0.2, 0.25) is 5.02 Å². The van der Waals surface area contributed by atoms with Gasteiger partial charge in [0.05, 0.1) is 12.8 Å². The summed E-state index contributed by atoms with van der Waals surface area (Å²) < 4.78 is 11.4. The van der Waals surface area contributed by atoms with Crippen LogP contribution < -0.4 is 15.9 Å². The monoisotopic (exact) mass is 452 g/mol. The van der Waals surface area contributed by atoms with Crippen LogP contribution in [0.5, 0.6) is 5.75 Å². The van der Waals surface area contributed by atoms with E-state index in [1.165, 1.54) is 10.9 Å². The van der Waals surface area contributed by atoms with Gasteiger partial charge in [0.1, 0.15) is 11.4 Å². The fourth-order valence-electron chi connectivity index (χ4n) is 2.86. The second-order valence-corrected chi connectivity index (χ2v) is 6.82. The van der Waals surface area contributed by atoms with Gasteiger partial charge in [-0.1, -0.05) is 28.9 Å². The van der Waals surface area contributed by atoms with Crippen LogP contribution in [0.25, 0.3) is 17.1 Å². The van der Waals surface area contributed by atoms with Crippen LogP contribution >= 0.6 is 11.6 Å². The van der Waals surface area contributed by atoms with E-state index in [0.717, 1.165) is 5.56 Å². The standard InChI is InChI=1S/C20H17ClN8O3/c1-2-31-15-8-6-13(7-9-15)17-16(24-28-29(17)19-18(22)26-32-27-19)20(30)25-23-11-12-4-3-5-14(21)10-12/h3-11H,2H2,1H3,(H2,22,26)(H,25,30)/b23-11+. The quantitative estimate of drug-likeness (QED) is 0.321. The summed E-state index contributed by atoms with van der Waals surface area (Å²) in [5, 5.41) is 19.9. The zero-order chi connectivity index (χ0) is 22.5. The Kier molecular flexibility index (Phi) is 6.08. The van der Waals surface area contributed by atoms with Crippen LogP contribution in [0.3, 0.4) is 0 Å². The molecule has 0 unspecified atom stereocenters. The van der Waals surface area contributed by atoms with E-state index in [4.69, 9.17) is 22.1 Å². The number of nitrogens with two attached hydrogens (primary N) is 1. The molecule has 2 aromatic carbocycles. The van der Waals surface area contributed by atoms with Crippen LogP contribution in [0.15, 0.2) is 58.3 Å². The molecule has 0 bridgehead atoms. The van der Waals surface area contributed by atoms with Crippen LogP contribution in [-0.2, 0) is 0 Å². The number of anilines is 1. The molecule has 0 aliphatic heterocycles. The molecule has 1 amide bonds. The molecular formula is C20H17ClN8O3. The van der Waals surface area contributed by atoms with Crippen molar-refractivity contribution in [3.05, 3.63) is 64.8 Å². The number of benzene rings is 2. The molecule has 12 heteroatoms. The summed E-state index contributed by atoms with van der Waals surface area (Å²) in [6.07, 6.45) is 1.46. The first-order valence-corrected chi connectivity index (χ1v) is 9.81. The van der Waals surface area contributed by atoms with Gasteiger partial charge >= 0.3 is 0 Å². The van der Waals surface area contributed by atoms with E-state index in [0.29, 0.717) is 28.6 Å². The number of halogens is 1. The van der Waals surface area contributed by atoms with Crippen molar-refractivity contribution in [1.29, 1.82) is 0 Å². The number of carbonyl (C=O) groups excluding carboxylic acids is 1. The van der Waals surface area contributed by atoms with Gasteiger partial charge in [-0.15, -0.1) is 5.10 Å². The molecule has 0 spiro atoms. The first kappa shape index (κ1) is 21.0. The third kappa shape index (κ3) is 4.42. The van der Waals surface area contributed by atoms with Crippen molar-refractivity contribution < 1.29 is 14.2 Å². The summed E-state index contributed by atoms with van der Waals surface area (Å²) in [5.41, 5.74) is 9.91. The minimum atomic E-state index is -0.589. The highest BCUT2D eigenvalue weighted by atomic mass is 35.5. The molecule has 2 heterocycles. The molecule has 0 saturated heterocycles. The number of nitrogens with one attached hydrogen (secondary N) is 1. The molecule has 0 aliphatic rings. The highest BCUT2D eigenvalue weighted by molar-refractivity contribution is 6.30. The Morgan fingerprint density at radius 3 is 2.78 bits per heavy atom. The smallest absolute Gasteiger partial charge is 0.294 e. The van der Waals surface area contributed by atoms with Crippen molar-refractivity contribution in [1.82, 2.24) is 30.7 Å². The van der Waals surface area contributed by atoms with Gasteiger partial charge in [0.2, 0.25) is 11.6 Å². The molecule has 0 saturated carbocycles. The fraction of sp³-hybridized carbons (Fsp3) is 0.100. The maximum atomic E-state index is 12.9. The molecule has 0 fully saturated rings. The minimum absolute atomic E-state index is 0.000182. The number of nitrogens with zero attached hydrogens (tertiary/aromatic N) is 6. The number of hydrogen-bond acceptors (Lipinski definition) is 9. The highest BCUT2D eigenvalue weighted by Gasteiger charge is 2.25. The van der Waals surface area contributed by atoms with Crippen molar-refractivity contribution in [2.24, 2.45) is 5.10 Å². The number of carbonyl (C=O) groups is 1. The van der Waals surface area contributed by atoms with Crippen molar-refractivity contribution in [3.63, 3.8) is 0 Å². The Morgan fingerprint density at radius 1 is 1.28 bits per heavy atom. The van der Waals surface area contributed by atoms with E-state index < -0.39 is 5.91 Å². The van der Waals surface area contributed by atoms with Crippen LogP contribution in [0.1, 0.15) is 23.0 Å². The molecule has 32 heavy (non-hydrogen) atoms. The van der Waals surface area contributed by atoms with E-state index >= 15 is 0 Å². The van der Waals surface area contributed by atoms with Crippen molar-refractivity contribution in [2.45, 2.75) is 6.92 Å². The maximum Gasteiger partial charge on any atom is 0.294 e. The fourth-order valence-corrected chi connectivity index (χ4v) is 3.06. The lowest BCUT2D eigenvalue weighted by Gasteiger charge is -2.07. The lowest BCUT2D eigenvalue weighted by Crippen LogP contribution is -2.19. The topological polar surface area (TPSA) is 146 Å². The van der Waals surface area contributed by atoms with E-state index in [-0.39, 0.29) is 17.3 Å². The van der Waals surface area contributed by atoms with Crippen molar-refractivity contribution in [2.75, 3.05) is 12.3 Å². The highest BCUT2D eigenvalue weighted by Crippen LogP contribution is 2.28. The van der Waals surface area contributed by atoms with Crippen LogP contribution in [0.4, 0.5) is 5.82 Å². The predicted octanol–water partition coefficient (Wildman–Crippen LogP) is 2.72. The maximum absolute atomic E-state index is 12.9. The van der Waals surface area contributed by atoms with Gasteiger partial charge in [-0.25, -0.2) is 10.1 Å². The molecule has 0 atom stereocenters. The average molecular weight is 453 g/mol. The second-order valence-electron chi connectivity index (χ2n) is 6.38. The predicted molar refractivity (Wildman–Crippen MR) is 117 cm³/mol. The number of hydrogen-bond donors (Lipinski definition) is 2. The third-order valence-corrected chi connectivity index (χ3v) is 4.48. The van der Waals surface area contributed by atoms with Gasteiger partial charge < -0.3 is 10.5 Å². The van der Waals surface area contributed by atoms with Crippen molar-refractivity contribution in [3.8, 4) is 22.8 Å². The molecule has 0 aliphatic carbocycles. The summed E-state index contributed by atoms with van der Waals surface area (Å²) in [6.45, 7) is 2.41. The van der Waals surface area contributed by atoms with Crippen LogP contribution in [0, 0.1) is 0 Å². The van der Waals surface area contributed by atoms with Gasteiger partial charge in [-0.05, 0) is 59.2 Å². The van der Waals surface area contributed by atoms with Gasteiger partial charge in [0, 0.05) is 10.6 Å². The Balaban J connectivity index is 1.68. The lowest BCUT2D eigenvalue weighted by atomic mass is 10.1. The molecular weight excluding hydrogens is 436 g/mol. The Morgan fingerprint density at radius 2 is 2.09 bits per heavy atom. The Bertz CT molecular complexity index is 1270. The SMILES string of the molecule is CCOc1ccc(-c2c(C(=O)N/N=C/c3cccc(Cl)c3)nnn2-c2nonc2N)cc1. The Labute approximate surface area is 186 Å². The second kappa shape index (κ2) is 9.27. The summed E-state index contributed by atoms with van der Waals surface area (Å²) in [4.78, 5) is 12.9. The molecule has 4 rings (SSSR count). The van der Waals surface area contributed by atoms with Gasteiger partial charge in [-0.2, -0.15) is 9.78 Å². The molecule has 0 radical (unpaired) electrons. The van der Waals surface area contributed by atoms with E-state index in [2.05, 4.69) is 35.8 Å². The average Bonchev–Trinajstić information content (AvgIpc) is 3.40. The molecule has 3 N–H and O–H groups in total. The number of hydrazone groups is 1. The minimum Gasteiger partial charge on any atom is -0.494 e. The summed E-state index contributed by atoms with van der Waals surface area (Å²) >= 11 is 5.96.